The third kappa shape index (κ3) is 4.11. The minimum atomic E-state index is -3.60. The maximum Gasteiger partial charge on any atom is 0.279 e. The summed E-state index contributed by atoms with van der Waals surface area (Å²) < 4.78 is 37.0. The molecule has 2 fully saturated rings. The van der Waals surface area contributed by atoms with Crippen molar-refractivity contribution in [2.24, 2.45) is 0 Å². The first-order chi connectivity index (χ1) is 13.0. The van der Waals surface area contributed by atoms with Gasteiger partial charge in [0.25, 0.3) is 15.8 Å². The van der Waals surface area contributed by atoms with Crippen molar-refractivity contribution >= 4 is 10.2 Å². The lowest BCUT2D eigenvalue weighted by atomic mass is 9.97. The molecule has 150 valence electrons. The molecule has 1 aromatic heterocycles. The van der Waals surface area contributed by atoms with Crippen molar-refractivity contribution in [3.8, 4) is 0 Å². The summed E-state index contributed by atoms with van der Waals surface area (Å²) >= 11 is 0. The van der Waals surface area contributed by atoms with E-state index >= 15 is 0 Å². The minimum Gasteiger partial charge on any atom is -0.377 e. The molecule has 1 N–H and O–H groups in total. The van der Waals surface area contributed by atoms with Gasteiger partial charge in [-0.25, -0.2) is 4.68 Å². The number of nitrogens with zero attached hydrogens (tertiary/aromatic N) is 3. The molecule has 0 spiro atoms. The molecule has 1 aliphatic carbocycles. The van der Waals surface area contributed by atoms with E-state index in [4.69, 9.17) is 4.74 Å². The van der Waals surface area contributed by atoms with Crippen molar-refractivity contribution in [3.05, 3.63) is 27.7 Å². The zero-order valence-electron chi connectivity index (χ0n) is 15.6. The lowest BCUT2D eigenvalue weighted by Crippen LogP contribution is -2.50. The highest BCUT2D eigenvalue weighted by Gasteiger charge is 2.36. The Hall–Kier alpha value is -1.29. The van der Waals surface area contributed by atoms with Gasteiger partial charge in [-0.1, -0.05) is 12.8 Å². The molecule has 3 aliphatic rings. The van der Waals surface area contributed by atoms with Crippen LogP contribution in [-0.2, 0) is 27.8 Å². The first-order valence-electron chi connectivity index (χ1n) is 10.0. The minimum absolute atomic E-state index is 0.176. The smallest absolute Gasteiger partial charge is 0.279 e. The highest BCUT2D eigenvalue weighted by Crippen LogP contribution is 2.22. The SMILES string of the molecule is O=c1cc2c(nn1C1COCC1NS(=O)(=O)N1CCCCCC1)CCCC2. The van der Waals surface area contributed by atoms with Crippen molar-refractivity contribution in [3.63, 3.8) is 0 Å². The van der Waals surface area contributed by atoms with Gasteiger partial charge in [-0.2, -0.15) is 22.5 Å². The predicted octanol–water partition coefficient (Wildman–Crippen LogP) is 0.772. The van der Waals surface area contributed by atoms with Crippen LogP contribution in [0, 0.1) is 0 Å². The standard InChI is InChI=1S/C18H28N4O4S/c23-18-11-14-7-3-4-8-15(14)19-22(18)17-13-26-12-16(17)20-27(24,25)21-9-5-1-2-6-10-21/h11,16-17,20H,1-10,12-13H2. The van der Waals surface area contributed by atoms with E-state index in [0.717, 1.165) is 62.6 Å². The summed E-state index contributed by atoms with van der Waals surface area (Å²) in [5, 5.41) is 4.58. The molecule has 0 saturated carbocycles. The van der Waals surface area contributed by atoms with Crippen LogP contribution in [0.1, 0.15) is 55.8 Å². The average molecular weight is 397 g/mol. The molecule has 0 aromatic carbocycles. The number of hydrogen-bond acceptors (Lipinski definition) is 5. The fourth-order valence-electron chi connectivity index (χ4n) is 4.26. The van der Waals surface area contributed by atoms with Crippen LogP contribution in [0.4, 0.5) is 0 Å². The van der Waals surface area contributed by atoms with Gasteiger partial charge in [0.05, 0.1) is 31.0 Å². The molecule has 0 bridgehead atoms. The Balaban J connectivity index is 1.55. The van der Waals surface area contributed by atoms with Gasteiger partial charge in [0.2, 0.25) is 0 Å². The van der Waals surface area contributed by atoms with Gasteiger partial charge < -0.3 is 4.74 Å². The zero-order valence-corrected chi connectivity index (χ0v) is 16.4. The largest absolute Gasteiger partial charge is 0.377 e. The van der Waals surface area contributed by atoms with Gasteiger partial charge >= 0.3 is 0 Å². The van der Waals surface area contributed by atoms with Crippen LogP contribution in [0.15, 0.2) is 10.9 Å². The van der Waals surface area contributed by atoms with E-state index in [9.17, 15) is 13.2 Å². The molecule has 4 rings (SSSR count). The summed E-state index contributed by atoms with van der Waals surface area (Å²) in [6, 6.07) is 0.775. The van der Waals surface area contributed by atoms with E-state index in [1.165, 1.54) is 8.99 Å². The fourth-order valence-corrected chi connectivity index (χ4v) is 5.75. The second-order valence-electron chi connectivity index (χ2n) is 7.75. The van der Waals surface area contributed by atoms with E-state index in [0.29, 0.717) is 19.7 Å². The number of fused-ring (bicyclic) bond motifs is 1. The van der Waals surface area contributed by atoms with Gasteiger partial charge in [-0.15, -0.1) is 0 Å². The summed E-state index contributed by atoms with van der Waals surface area (Å²) in [4.78, 5) is 12.6. The molecule has 8 nitrogen and oxygen atoms in total. The summed E-state index contributed by atoms with van der Waals surface area (Å²) in [6.45, 7) is 1.64. The Labute approximate surface area is 160 Å². The summed E-state index contributed by atoms with van der Waals surface area (Å²) in [5.41, 5.74) is 1.81. The van der Waals surface area contributed by atoms with E-state index in [2.05, 4.69) is 9.82 Å². The molecular weight excluding hydrogens is 368 g/mol. The van der Waals surface area contributed by atoms with Crippen molar-refractivity contribution in [1.82, 2.24) is 18.8 Å². The maximum absolute atomic E-state index is 12.8. The van der Waals surface area contributed by atoms with Crippen LogP contribution >= 0.6 is 0 Å². The maximum atomic E-state index is 12.8. The molecule has 2 atom stereocenters. The number of aryl methyl sites for hydroxylation is 2. The quantitative estimate of drug-likeness (QED) is 0.811. The predicted molar refractivity (Wildman–Crippen MR) is 101 cm³/mol. The number of aromatic nitrogens is 2. The van der Waals surface area contributed by atoms with Crippen molar-refractivity contribution in [2.45, 2.75) is 63.5 Å². The van der Waals surface area contributed by atoms with Crippen LogP contribution in [0.25, 0.3) is 0 Å². The highest BCUT2D eigenvalue weighted by atomic mass is 32.2. The molecule has 3 heterocycles. The summed E-state index contributed by atoms with van der Waals surface area (Å²) in [6.07, 6.45) is 7.82. The Morgan fingerprint density at radius 1 is 1.04 bits per heavy atom. The van der Waals surface area contributed by atoms with Gasteiger partial charge in [0.1, 0.15) is 0 Å². The lowest BCUT2D eigenvalue weighted by molar-refractivity contribution is 0.181. The third-order valence-electron chi connectivity index (χ3n) is 5.80. The number of rotatable bonds is 4. The number of nitrogens with one attached hydrogen (secondary N) is 1. The Morgan fingerprint density at radius 2 is 1.78 bits per heavy atom. The Morgan fingerprint density at radius 3 is 2.56 bits per heavy atom. The first-order valence-corrected chi connectivity index (χ1v) is 11.5. The van der Waals surface area contributed by atoms with Crippen LogP contribution in [-0.4, -0.2) is 54.8 Å². The van der Waals surface area contributed by atoms with Crippen LogP contribution in [0.2, 0.25) is 0 Å². The second kappa shape index (κ2) is 7.98. The van der Waals surface area contributed by atoms with E-state index in [1.807, 2.05) is 0 Å². The fraction of sp³-hybridized carbons (Fsp3) is 0.778. The van der Waals surface area contributed by atoms with E-state index in [-0.39, 0.29) is 12.2 Å². The van der Waals surface area contributed by atoms with E-state index < -0.39 is 22.3 Å². The van der Waals surface area contributed by atoms with Crippen molar-refractivity contribution in [2.75, 3.05) is 26.3 Å². The molecule has 0 radical (unpaired) electrons. The lowest BCUT2D eigenvalue weighted by Gasteiger charge is -2.26. The number of hydrogen-bond donors (Lipinski definition) is 1. The molecule has 27 heavy (non-hydrogen) atoms. The normalized spacial score (nSPS) is 27.3. The number of ether oxygens (including phenoxy) is 1. The Bertz CT molecular complexity index is 830. The monoisotopic (exact) mass is 396 g/mol. The third-order valence-corrected chi connectivity index (χ3v) is 7.45. The molecular formula is C18H28N4O4S. The van der Waals surface area contributed by atoms with Gasteiger partial charge in [-0.3, -0.25) is 4.79 Å². The van der Waals surface area contributed by atoms with Gasteiger partial charge in [0, 0.05) is 19.2 Å². The van der Waals surface area contributed by atoms with Gasteiger partial charge in [-0.05, 0) is 44.1 Å². The molecule has 1 aromatic rings. The molecule has 2 aliphatic heterocycles. The van der Waals surface area contributed by atoms with Crippen molar-refractivity contribution in [1.29, 1.82) is 0 Å². The van der Waals surface area contributed by atoms with Crippen LogP contribution in [0.5, 0.6) is 0 Å². The highest BCUT2D eigenvalue weighted by molar-refractivity contribution is 7.87. The average Bonchev–Trinajstić information content (AvgIpc) is 2.91. The summed E-state index contributed by atoms with van der Waals surface area (Å²) in [5.74, 6) is 0. The van der Waals surface area contributed by atoms with E-state index in [1.54, 1.807) is 6.07 Å². The Kier molecular flexibility index (Phi) is 5.63. The molecule has 2 saturated heterocycles. The molecule has 9 heteroatoms. The van der Waals surface area contributed by atoms with Crippen LogP contribution in [0.3, 0.4) is 0 Å². The first kappa shape index (κ1) is 19.0. The zero-order chi connectivity index (χ0) is 18.9. The topological polar surface area (TPSA) is 93.5 Å². The molecule has 2 unspecified atom stereocenters. The van der Waals surface area contributed by atoms with Gasteiger partial charge in [0.15, 0.2) is 0 Å². The second-order valence-corrected chi connectivity index (χ2v) is 9.46. The van der Waals surface area contributed by atoms with Crippen LogP contribution < -0.4 is 10.3 Å². The summed E-state index contributed by atoms with van der Waals surface area (Å²) in [7, 11) is -3.60. The molecule has 0 amide bonds. The van der Waals surface area contributed by atoms with Crippen molar-refractivity contribution < 1.29 is 13.2 Å².